The number of likely N-dealkylation sites (tertiary alicyclic amines) is 1. The zero-order chi connectivity index (χ0) is 18.4. The fraction of sp³-hybridized carbons (Fsp3) is 0.500. The van der Waals surface area contributed by atoms with Gasteiger partial charge in [-0.3, -0.25) is 9.59 Å². The number of hydrogen-bond acceptors (Lipinski definition) is 5. The zero-order valence-corrected chi connectivity index (χ0v) is 14.4. The number of aliphatic carboxylic acids is 1. The number of hydrogen-bond donors (Lipinski definition) is 1. The number of carbonyl (C=O) groups excluding carboxylic acids is 2. The van der Waals surface area contributed by atoms with E-state index in [1.165, 1.54) is 12.0 Å². The van der Waals surface area contributed by atoms with E-state index in [-0.39, 0.29) is 37.2 Å². The molecule has 1 N–H and O–H groups in total. The third-order valence-electron chi connectivity index (χ3n) is 4.41. The van der Waals surface area contributed by atoms with Gasteiger partial charge in [0, 0.05) is 38.5 Å². The van der Waals surface area contributed by atoms with Crippen LogP contribution in [-0.2, 0) is 14.3 Å². The maximum Gasteiger partial charge on any atom is 0.326 e. The Bertz CT molecular complexity index is 627. The predicted molar refractivity (Wildman–Crippen MR) is 89.7 cm³/mol. The van der Waals surface area contributed by atoms with Crippen molar-refractivity contribution in [3.63, 3.8) is 0 Å². The van der Waals surface area contributed by atoms with Gasteiger partial charge in [-0.25, -0.2) is 4.79 Å². The lowest BCUT2D eigenvalue weighted by Crippen LogP contribution is -2.40. The summed E-state index contributed by atoms with van der Waals surface area (Å²) in [6.45, 7) is 0.277. The highest BCUT2D eigenvalue weighted by Crippen LogP contribution is 2.22. The number of Topliss-reactive ketones (excluding diaryl/α,β-unsaturated/α-hetero) is 1. The monoisotopic (exact) mass is 349 g/mol. The van der Waals surface area contributed by atoms with E-state index in [1.807, 2.05) is 0 Å². The van der Waals surface area contributed by atoms with Crippen molar-refractivity contribution in [3.05, 3.63) is 29.8 Å². The molecule has 0 bridgehead atoms. The van der Waals surface area contributed by atoms with Gasteiger partial charge >= 0.3 is 5.97 Å². The first kappa shape index (κ1) is 18.9. The molecule has 7 heteroatoms. The van der Waals surface area contributed by atoms with Crippen LogP contribution in [0.1, 0.15) is 36.0 Å². The fourth-order valence-electron chi connectivity index (χ4n) is 2.94. The molecule has 2 atom stereocenters. The van der Waals surface area contributed by atoms with Crippen LogP contribution in [0, 0.1) is 0 Å². The highest BCUT2D eigenvalue weighted by Gasteiger charge is 2.39. The number of nitrogens with zero attached hydrogens (tertiary/aromatic N) is 1. The Labute approximate surface area is 146 Å². The van der Waals surface area contributed by atoms with Crippen molar-refractivity contribution in [2.24, 2.45) is 0 Å². The van der Waals surface area contributed by atoms with E-state index in [2.05, 4.69) is 0 Å². The maximum absolute atomic E-state index is 12.3. The van der Waals surface area contributed by atoms with Crippen LogP contribution in [0.2, 0.25) is 0 Å². The summed E-state index contributed by atoms with van der Waals surface area (Å²) in [6.07, 6.45) is 0.789. The van der Waals surface area contributed by atoms with E-state index in [0.29, 0.717) is 24.2 Å². The number of amides is 1. The van der Waals surface area contributed by atoms with Crippen molar-refractivity contribution in [2.75, 3.05) is 20.8 Å². The smallest absolute Gasteiger partial charge is 0.326 e. The van der Waals surface area contributed by atoms with Gasteiger partial charge in [-0.05, 0) is 30.7 Å². The number of ether oxygens (including phenoxy) is 2. The second-order valence-corrected chi connectivity index (χ2v) is 6.00. The van der Waals surface area contributed by atoms with E-state index in [4.69, 9.17) is 9.47 Å². The molecule has 0 aromatic heterocycles. The van der Waals surface area contributed by atoms with Gasteiger partial charge in [0.15, 0.2) is 5.78 Å². The molecule has 2 unspecified atom stereocenters. The first-order valence-corrected chi connectivity index (χ1v) is 8.18. The average molecular weight is 349 g/mol. The molecule has 0 saturated carbocycles. The molecular formula is C18H23NO6. The van der Waals surface area contributed by atoms with Crippen LogP contribution < -0.4 is 4.74 Å². The average Bonchev–Trinajstić information content (AvgIpc) is 3.06. The lowest BCUT2D eigenvalue weighted by Gasteiger charge is -2.21. The summed E-state index contributed by atoms with van der Waals surface area (Å²) < 4.78 is 10.2. The fourth-order valence-corrected chi connectivity index (χ4v) is 2.94. The van der Waals surface area contributed by atoms with Crippen molar-refractivity contribution >= 4 is 17.7 Å². The lowest BCUT2D eigenvalue weighted by atomic mass is 10.0. The number of benzene rings is 1. The minimum Gasteiger partial charge on any atom is -0.497 e. The summed E-state index contributed by atoms with van der Waals surface area (Å²) in [5, 5.41) is 9.24. The van der Waals surface area contributed by atoms with Crippen LogP contribution in [0.15, 0.2) is 24.3 Å². The van der Waals surface area contributed by atoms with E-state index in [9.17, 15) is 19.5 Å². The van der Waals surface area contributed by atoms with Crippen LogP contribution >= 0.6 is 0 Å². The molecule has 0 spiro atoms. The number of rotatable bonds is 8. The molecule has 136 valence electrons. The normalized spacial score (nSPS) is 19.7. The third kappa shape index (κ3) is 4.79. The predicted octanol–water partition coefficient (Wildman–Crippen LogP) is 1.75. The van der Waals surface area contributed by atoms with Gasteiger partial charge in [-0.2, -0.15) is 0 Å². The quantitative estimate of drug-likeness (QED) is 0.719. The van der Waals surface area contributed by atoms with Crippen molar-refractivity contribution in [1.82, 2.24) is 4.90 Å². The van der Waals surface area contributed by atoms with Gasteiger partial charge in [0.25, 0.3) is 0 Å². The highest BCUT2D eigenvalue weighted by molar-refractivity contribution is 5.96. The number of carbonyl (C=O) groups is 3. The standard InChI is InChI=1S/C18H23NO6/c1-24-13-8-6-12(7-9-13)16(20)4-3-5-17(21)19-11-14(25-2)10-15(19)18(22)23/h6-9,14-15H,3-5,10-11H2,1-2H3,(H,22,23). The molecule has 1 saturated heterocycles. The minimum atomic E-state index is -1.03. The maximum atomic E-state index is 12.3. The Morgan fingerprint density at radius 1 is 1.16 bits per heavy atom. The summed E-state index contributed by atoms with van der Waals surface area (Å²) in [5.74, 6) is -0.661. The summed E-state index contributed by atoms with van der Waals surface area (Å²) in [5.41, 5.74) is 0.567. The molecule has 1 aromatic carbocycles. The topological polar surface area (TPSA) is 93.1 Å². The van der Waals surface area contributed by atoms with Gasteiger partial charge in [-0.15, -0.1) is 0 Å². The number of methoxy groups -OCH3 is 2. The lowest BCUT2D eigenvalue weighted by molar-refractivity contribution is -0.148. The minimum absolute atomic E-state index is 0.0542. The Morgan fingerprint density at radius 3 is 2.40 bits per heavy atom. The van der Waals surface area contributed by atoms with Gasteiger partial charge in [0.2, 0.25) is 5.91 Å². The Hall–Kier alpha value is -2.41. The van der Waals surface area contributed by atoms with E-state index >= 15 is 0 Å². The van der Waals surface area contributed by atoms with Gasteiger partial charge in [-0.1, -0.05) is 0 Å². The Morgan fingerprint density at radius 2 is 1.84 bits per heavy atom. The molecule has 1 amide bonds. The molecule has 0 aliphatic carbocycles. The Kier molecular flexibility index (Phi) is 6.52. The molecule has 1 aliphatic rings. The molecule has 0 radical (unpaired) electrons. The van der Waals surface area contributed by atoms with E-state index in [0.717, 1.165) is 0 Å². The highest BCUT2D eigenvalue weighted by atomic mass is 16.5. The first-order valence-electron chi connectivity index (χ1n) is 8.18. The van der Waals surface area contributed by atoms with Crippen molar-refractivity contribution in [1.29, 1.82) is 0 Å². The first-order chi connectivity index (χ1) is 12.0. The molecular weight excluding hydrogens is 326 g/mol. The van der Waals surface area contributed by atoms with Crippen LogP contribution in [0.25, 0.3) is 0 Å². The molecule has 7 nitrogen and oxygen atoms in total. The van der Waals surface area contributed by atoms with Crippen molar-refractivity contribution < 1.29 is 29.0 Å². The van der Waals surface area contributed by atoms with Gasteiger partial charge in [0.05, 0.1) is 13.2 Å². The van der Waals surface area contributed by atoms with Crippen LogP contribution in [-0.4, -0.2) is 60.6 Å². The number of carboxylic acid groups (broad SMARTS) is 1. The zero-order valence-electron chi connectivity index (χ0n) is 14.4. The van der Waals surface area contributed by atoms with Crippen LogP contribution in [0.3, 0.4) is 0 Å². The summed E-state index contributed by atoms with van der Waals surface area (Å²) in [6, 6.07) is 5.95. The number of ketones is 1. The second-order valence-electron chi connectivity index (χ2n) is 6.00. The van der Waals surface area contributed by atoms with Crippen LogP contribution in [0.5, 0.6) is 5.75 Å². The largest absolute Gasteiger partial charge is 0.497 e. The third-order valence-corrected chi connectivity index (χ3v) is 4.41. The van der Waals surface area contributed by atoms with E-state index in [1.54, 1.807) is 31.4 Å². The number of carboxylic acids is 1. The van der Waals surface area contributed by atoms with Crippen molar-refractivity contribution in [3.8, 4) is 5.75 Å². The molecule has 25 heavy (non-hydrogen) atoms. The van der Waals surface area contributed by atoms with Crippen LogP contribution in [0.4, 0.5) is 0 Å². The van der Waals surface area contributed by atoms with Gasteiger partial charge < -0.3 is 19.5 Å². The molecule has 1 heterocycles. The molecule has 2 rings (SSSR count). The van der Waals surface area contributed by atoms with Gasteiger partial charge in [0.1, 0.15) is 11.8 Å². The second kappa shape index (κ2) is 8.62. The summed E-state index contributed by atoms with van der Waals surface area (Å²) in [4.78, 5) is 37.1. The summed E-state index contributed by atoms with van der Waals surface area (Å²) >= 11 is 0. The van der Waals surface area contributed by atoms with E-state index < -0.39 is 12.0 Å². The molecule has 1 aromatic rings. The SMILES string of the molecule is COc1ccc(C(=O)CCCC(=O)N2CC(OC)CC2C(=O)O)cc1. The van der Waals surface area contributed by atoms with Crippen molar-refractivity contribution in [2.45, 2.75) is 37.8 Å². The molecule has 1 aliphatic heterocycles. The molecule has 1 fully saturated rings. The Balaban J connectivity index is 1.84. The summed E-state index contributed by atoms with van der Waals surface area (Å²) in [7, 11) is 3.06.